The topological polar surface area (TPSA) is 62.2 Å². The number of halogens is 1. The predicted octanol–water partition coefficient (Wildman–Crippen LogP) is 2.60. The molecule has 0 spiro atoms. The van der Waals surface area contributed by atoms with Gasteiger partial charge in [-0.15, -0.1) is 0 Å². The van der Waals surface area contributed by atoms with E-state index >= 15 is 0 Å². The number of hydrogen-bond acceptors (Lipinski definition) is 4. The molecule has 1 aromatic rings. The molecule has 0 saturated heterocycles. The van der Waals surface area contributed by atoms with Crippen molar-refractivity contribution >= 4 is 35.1 Å². The van der Waals surface area contributed by atoms with E-state index in [0.717, 1.165) is 5.75 Å². The smallest absolute Gasteiger partial charge is 0.356 e. The first-order valence-corrected chi connectivity index (χ1v) is 6.47. The van der Waals surface area contributed by atoms with E-state index in [4.69, 9.17) is 16.7 Å². The third kappa shape index (κ3) is 3.57. The monoisotopic (exact) mass is 260 g/mol. The van der Waals surface area contributed by atoms with Gasteiger partial charge in [0.2, 0.25) is 0 Å². The number of anilines is 1. The van der Waals surface area contributed by atoms with Gasteiger partial charge in [0, 0.05) is 11.8 Å². The molecule has 0 aliphatic carbocycles. The molecule has 0 amide bonds. The number of aromatic nitrogens is 1. The highest BCUT2D eigenvalue weighted by Gasteiger charge is 2.12. The van der Waals surface area contributed by atoms with Crippen molar-refractivity contribution in [3.05, 3.63) is 22.8 Å². The molecule has 0 aromatic carbocycles. The van der Waals surface area contributed by atoms with Crippen molar-refractivity contribution in [2.75, 3.05) is 17.3 Å². The summed E-state index contributed by atoms with van der Waals surface area (Å²) in [5.74, 6) is 0.335. The first-order valence-electron chi connectivity index (χ1n) is 4.70. The second kappa shape index (κ2) is 5.96. The molecule has 0 aliphatic heterocycles. The van der Waals surface area contributed by atoms with Crippen LogP contribution in [0.1, 0.15) is 17.4 Å². The normalized spacial score (nSPS) is 12.2. The van der Waals surface area contributed by atoms with Crippen molar-refractivity contribution in [2.45, 2.75) is 13.0 Å². The van der Waals surface area contributed by atoms with Crippen LogP contribution in [0.4, 0.5) is 5.82 Å². The zero-order valence-corrected chi connectivity index (χ0v) is 10.6. The molecule has 2 N–H and O–H groups in total. The molecule has 1 atom stereocenters. The lowest BCUT2D eigenvalue weighted by Gasteiger charge is -2.13. The van der Waals surface area contributed by atoms with E-state index in [9.17, 15) is 4.79 Å². The van der Waals surface area contributed by atoms with E-state index in [-0.39, 0.29) is 16.8 Å². The Morgan fingerprint density at radius 1 is 1.69 bits per heavy atom. The van der Waals surface area contributed by atoms with Crippen LogP contribution in [-0.2, 0) is 0 Å². The molecule has 1 aromatic heterocycles. The molecule has 0 radical (unpaired) electrons. The van der Waals surface area contributed by atoms with E-state index in [1.807, 2.05) is 13.2 Å². The summed E-state index contributed by atoms with van der Waals surface area (Å²) >= 11 is 7.42. The van der Waals surface area contributed by atoms with Gasteiger partial charge in [0.15, 0.2) is 5.69 Å². The fourth-order valence-electron chi connectivity index (χ4n) is 1.22. The molecule has 1 rings (SSSR count). The van der Waals surface area contributed by atoms with Crippen molar-refractivity contribution < 1.29 is 9.90 Å². The van der Waals surface area contributed by atoms with Crippen LogP contribution in [0.5, 0.6) is 0 Å². The number of pyridine rings is 1. The lowest BCUT2D eigenvalue weighted by molar-refractivity contribution is 0.0691. The average Bonchev–Trinajstić information content (AvgIpc) is 2.21. The van der Waals surface area contributed by atoms with Crippen molar-refractivity contribution in [1.82, 2.24) is 4.98 Å². The van der Waals surface area contributed by atoms with Crippen molar-refractivity contribution in [3.63, 3.8) is 0 Å². The van der Waals surface area contributed by atoms with Gasteiger partial charge in [-0.05, 0) is 25.3 Å². The summed E-state index contributed by atoms with van der Waals surface area (Å²) < 4.78 is 0. The number of nitrogens with zero attached hydrogens (tertiary/aromatic N) is 1. The minimum absolute atomic E-state index is 0.122. The molecular weight excluding hydrogens is 248 g/mol. The summed E-state index contributed by atoms with van der Waals surface area (Å²) in [6, 6.07) is 3.43. The van der Waals surface area contributed by atoms with Gasteiger partial charge in [-0.25, -0.2) is 9.78 Å². The number of hydrogen-bond donors (Lipinski definition) is 2. The molecule has 6 heteroatoms. The average molecular weight is 261 g/mol. The second-order valence-corrected chi connectivity index (χ2v) is 4.65. The predicted molar refractivity (Wildman–Crippen MR) is 67.7 cm³/mol. The summed E-state index contributed by atoms with van der Waals surface area (Å²) in [6.07, 6.45) is 2.01. The van der Waals surface area contributed by atoms with Crippen molar-refractivity contribution in [1.29, 1.82) is 0 Å². The fourth-order valence-corrected chi connectivity index (χ4v) is 1.99. The van der Waals surface area contributed by atoms with Crippen LogP contribution >= 0.6 is 23.4 Å². The van der Waals surface area contributed by atoms with Crippen LogP contribution in [0, 0.1) is 0 Å². The molecule has 16 heavy (non-hydrogen) atoms. The van der Waals surface area contributed by atoms with Gasteiger partial charge < -0.3 is 10.4 Å². The zero-order chi connectivity index (χ0) is 12.1. The molecule has 0 fully saturated rings. The minimum Gasteiger partial charge on any atom is -0.476 e. The summed E-state index contributed by atoms with van der Waals surface area (Å²) in [5, 5.41) is 12.1. The van der Waals surface area contributed by atoms with Gasteiger partial charge in [0.25, 0.3) is 0 Å². The van der Waals surface area contributed by atoms with Crippen LogP contribution in [0.2, 0.25) is 5.02 Å². The highest BCUT2D eigenvalue weighted by Crippen LogP contribution is 2.17. The number of thioether (sulfide) groups is 1. The second-order valence-electron chi connectivity index (χ2n) is 3.33. The number of nitrogens with one attached hydrogen (secondary N) is 1. The maximum Gasteiger partial charge on any atom is 0.356 e. The summed E-state index contributed by atoms with van der Waals surface area (Å²) in [4.78, 5) is 14.7. The molecule has 1 heterocycles. The molecular formula is C10H13ClN2O2S. The summed E-state index contributed by atoms with van der Waals surface area (Å²) in [6.45, 7) is 2.01. The largest absolute Gasteiger partial charge is 0.476 e. The first kappa shape index (κ1) is 13.1. The maximum absolute atomic E-state index is 10.8. The third-order valence-electron chi connectivity index (χ3n) is 1.86. The molecule has 0 saturated carbocycles. The Kier molecular flexibility index (Phi) is 4.89. The van der Waals surface area contributed by atoms with E-state index in [1.54, 1.807) is 17.8 Å². The van der Waals surface area contributed by atoms with Crippen LogP contribution in [0.3, 0.4) is 0 Å². The maximum atomic E-state index is 10.8. The van der Waals surface area contributed by atoms with Gasteiger partial charge in [-0.3, -0.25) is 0 Å². The Morgan fingerprint density at radius 3 is 2.94 bits per heavy atom. The highest BCUT2D eigenvalue weighted by atomic mass is 35.5. The summed E-state index contributed by atoms with van der Waals surface area (Å²) in [7, 11) is 0. The SMILES string of the molecule is CSCC(C)Nc1ccc(Cl)c(C(=O)O)n1. The van der Waals surface area contributed by atoms with Crippen molar-refractivity contribution in [3.8, 4) is 0 Å². The third-order valence-corrected chi connectivity index (χ3v) is 3.00. The summed E-state index contributed by atoms with van der Waals surface area (Å²) in [5.41, 5.74) is -0.122. The Labute approximate surface area is 103 Å². The lowest BCUT2D eigenvalue weighted by Crippen LogP contribution is -2.19. The van der Waals surface area contributed by atoms with Gasteiger partial charge in [-0.2, -0.15) is 11.8 Å². The zero-order valence-electron chi connectivity index (χ0n) is 9.03. The number of rotatable bonds is 5. The Morgan fingerprint density at radius 2 is 2.38 bits per heavy atom. The van der Waals surface area contributed by atoms with Crippen LogP contribution in [0.15, 0.2) is 12.1 Å². The number of aromatic carboxylic acids is 1. The van der Waals surface area contributed by atoms with Gasteiger partial charge >= 0.3 is 5.97 Å². The van der Waals surface area contributed by atoms with E-state index in [1.165, 1.54) is 6.07 Å². The van der Waals surface area contributed by atoms with Crippen molar-refractivity contribution in [2.24, 2.45) is 0 Å². The highest BCUT2D eigenvalue weighted by molar-refractivity contribution is 7.98. The molecule has 88 valence electrons. The Bertz CT molecular complexity index is 387. The quantitative estimate of drug-likeness (QED) is 0.852. The molecule has 4 nitrogen and oxygen atoms in total. The Hall–Kier alpha value is -0.940. The van der Waals surface area contributed by atoms with Gasteiger partial charge in [-0.1, -0.05) is 11.6 Å². The first-order chi connectivity index (χ1) is 7.54. The van der Waals surface area contributed by atoms with Crippen LogP contribution in [-0.4, -0.2) is 34.1 Å². The van der Waals surface area contributed by atoms with Gasteiger partial charge in [0.1, 0.15) is 5.82 Å². The van der Waals surface area contributed by atoms with Crippen LogP contribution in [0.25, 0.3) is 0 Å². The Balaban J connectivity index is 2.82. The minimum atomic E-state index is -1.12. The fraction of sp³-hybridized carbons (Fsp3) is 0.400. The lowest BCUT2D eigenvalue weighted by atomic mass is 10.3. The van der Waals surface area contributed by atoms with Crippen LogP contribution < -0.4 is 5.32 Å². The number of carboxylic acid groups (broad SMARTS) is 1. The molecule has 0 bridgehead atoms. The number of carbonyl (C=O) groups is 1. The van der Waals surface area contributed by atoms with E-state index in [2.05, 4.69) is 10.3 Å². The van der Waals surface area contributed by atoms with E-state index in [0.29, 0.717) is 5.82 Å². The molecule has 0 aliphatic rings. The van der Waals surface area contributed by atoms with Gasteiger partial charge in [0.05, 0.1) is 5.02 Å². The standard InChI is InChI=1S/C10H13ClN2O2S/c1-6(5-16-2)12-8-4-3-7(11)9(13-8)10(14)15/h3-4,6H,5H2,1-2H3,(H,12,13)(H,14,15). The number of carboxylic acids is 1. The molecule has 1 unspecified atom stereocenters. The van der Waals surface area contributed by atoms with E-state index < -0.39 is 5.97 Å².